The van der Waals surface area contributed by atoms with Gasteiger partial charge in [0.25, 0.3) is 10.0 Å². The van der Waals surface area contributed by atoms with Gasteiger partial charge < -0.3 is 4.74 Å². The minimum absolute atomic E-state index is 0.317. The van der Waals surface area contributed by atoms with E-state index in [1.54, 1.807) is 0 Å². The van der Waals surface area contributed by atoms with E-state index in [0.717, 1.165) is 63.4 Å². The van der Waals surface area contributed by atoms with Gasteiger partial charge in [0.2, 0.25) is 0 Å². The standard InChI is InChI=1S/C29H35NO4S/c1-7-8-9-12-23(18-28(31)34-6)25-16-24-13-10-11-14-26(24)27(17-25)30-35(32,33)29-21(4)19(2)15-20(3)22(29)5/h10-11,13-18,30H,7-9,12H2,1-6H3/b23-18-. The fourth-order valence-corrected chi connectivity index (χ4v) is 6.12. The number of carbonyl (C=O) groups is 1. The molecule has 186 valence electrons. The maximum atomic E-state index is 13.7. The van der Waals surface area contributed by atoms with E-state index in [2.05, 4.69) is 11.6 Å². The predicted molar refractivity (Wildman–Crippen MR) is 144 cm³/mol. The zero-order valence-electron chi connectivity index (χ0n) is 21.5. The molecule has 0 aliphatic rings. The third-order valence-corrected chi connectivity index (χ3v) is 8.22. The fourth-order valence-electron chi connectivity index (χ4n) is 4.43. The van der Waals surface area contributed by atoms with Crippen LogP contribution in [0.25, 0.3) is 16.3 Å². The Morgan fingerprint density at radius 1 is 0.971 bits per heavy atom. The molecule has 35 heavy (non-hydrogen) atoms. The number of benzene rings is 3. The number of sulfonamides is 1. The molecule has 6 heteroatoms. The van der Waals surface area contributed by atoms with E-state index >= 15 is 0 Å². The van der Waals surface area contributed by atoms with Crippen LogP contribution in [0, 0.1) is 27.7 Å². The SMILES string of the molecule is CCCCC/C(=C/C(=O)OC)c1cc(NS(=O)(=O)c2c(C)c(C)cc(C)c2C)c2ccccc2c1. The van der Waals surface area contributed by atoms with Crippen molar-refractivity contribution in [2.75, 3.05) is 11.8 Å². The predicted octanol–water partition coefficient (Wildman–Crippen LogP) is 7.01. The number of carbonyl (C=O) groups excluding carboxylic acids is 1. The lowest BCUT2D eigenvalue weighted by Gasteiger charge is -2.19. The van der Waals surface area contributed by atoms with Crippen LogP contribution in [0.4, 0.5) is 5.69 Å². The Morgan fingerprint density at radius 3 is 2.26 bits per heavy atom. The summed E-state index contributed by atoms with van der Waals surface area (Å²) in [6.07, 6.45) is 5.23. The third-order valence-electron chi connectivity index (χ3n) is 6.59. The highest BCUT2D eigenvalue weighted by Crippen LogP contribution is 2.34. The number of methoxy groups -OCH3 is 1. The molecule has 3 aromatic carbocycles. The molecule has 0 aliphatic heterocycles. The number of hydrogen-bond donors (Lipinski definition) is 1. The molecule has 0 atom stereocenters. The number of allylic oxidation sites excluding steroid dienone is 1. The number of fused-ring (bicyclic) bond motifs is 1. The van der Waals surface area contributed by atoms with Gasteiger partial charge in [-0.3, -0.25) is 4.72 Å². The van der Waals surface area contributed by atoms with Gasteiger partial charge in [-0.15, -0.1) is 0 Å². The van der Waals surface area contributed by atoms with Gasteiger partial charge in [0.1, 0.15) is 0 Å². The van der Waals surface area contributed by atoms with Crippen LogP contribution in [-0.4, -0.2) is 21.5 Å². The largest absolute Gasteiger partial charge is 0.466 e. The van der Waals surface area contributed by atoms with Crippen molar-refractivity contribution in [1.82, 2.24) is 0 Å². The highest BCUT2D eigenvalue weighted by atomic mass is 32.2. The third kappa shape index (κ3) is 5.93. The van der Waals surface area contributed by atoms with E-state index in [0.29, 0.717) is 17.0 Å². The molecule has 3 aromatic rings. The second kappa shape index (κ2) is 11.1. The molecule has 0 unspecified atom stereocenters. The first-order chi connectivity index (χ1) is 16.6. The Bertz CT molecular complexity index is 1360. The van der Waals surface area contributed by atoms with Gasteiger partial charge in [-0.25, -0.2) is 13.2 Å². The number of ether oxygens (including phenoxy) is 1. The van der Waals surface area contributed by atoms with Crippen molar-refractivity contribution in [1.29, 1.82) is 0 Å². The molecule has 5 nitrogen and oxygen atoms in total. The van der Waals surface area contributed by atoms with Gasteiger partial charge in [-0.1, -0.05) is 50.1 Å². The van der Waals surface area contributed by atoms with Crippen molar-refractivity contribution in [2.24, 2.45) is 0 Å². The summed E-state index contributed by atoms with van der Waals surface area (Å²) in [5.74, 6) is -0.423. The molecule has 1 N–H and O–H groups in total. The van der Waals surface area contributed by atoms with Crippen molar-refractivity contribution >= 4 is 38.0 Å². The number of hydrogen-bond acceptors (Lipinski definition) is 4. The normalized spacial score (nSPS) is 12.1. The van der Waals surface area contributed by atoms with Gasteiger partial charge in [-0.2, -0.15) is 0 Å². The molecule has 0 aliphatic carbocycles. The lowest BCUT2D eigenvalue weighted by molar-refractivity contribution is -0.134. The Hall–Kier alpha value is -3.12. The Morgan fingerprint density at radius 2 is 1.63 bits per heavy atom. The maximum Gasteiger partial charge on any atom is 0.330 e. The van der Waals surface area contributed by atoms with Crippen LogP contribution in [0.3, 0.4) is 0 Å². The van der Waals surface area contributed by atoms with E-state index in [-0.39, 0.29) is 0 Å². The molecule has 0 amide bonds. The number of anilines is 1. The van der Waals surface area contributed by atoms with Crippen molar-refractivity contribution in [3.05, 3.63) is 76.4 Å². The van der Waals surface area contributed by atoms with Gasteiger partial charge in [0.15, 0.2) is 0 Å². The molecule has 0 heterocycles. The highest BCUT2D eigenvalue weighted by molar-refractivity contribution is 7.92. The number of unbranched alkanes of at least 4 members (excludes halogenated alkanes) is 2. The average Bonchev–Trinajstić information content (AvgIpc) is 2.81. The first kappa shape index (κ1) is 26.5. The second-order valence-electron chi connectivity index (χ2n) is 9.09. The van der Waals surface area contributed by atoms with Gasteiger partial charge in [0, 0.05) is 11.5 Å². The summed E-state index contributed by atoms with van der Waals surface area (Å²) >= 11 is 0. The van der Waals surface area contributed by atoms with Crippen LogP contribution in [0.15, 0.2) is 53.4 Å². The molecular weight excluding hydrogens is 458 g/mol. The quantitative estimate of drug-likeness (QED) is 0.198. The zero-order valence-corrected chi connectivity index (χ0v) is 22.3. The Labute approximate surface area is 209 Å². The van der Waals surface area contributed by atoms with E-state index < -0.39 is 16.0 Å². The summed E-state index contributed by atoms with van der Waals surface area (Å²) in [5.41, 5.74) is 5.48. The summed E-state index contributed by atoms with van der Waals surface area (Å²) in [6, 6.07) is 13.5. The Kier molecular flexibility index (Phi) is 8.39. The van der Waals surface area contributed by atoms with Crippen LogP contribution in [0.1, 0.15) is 60.4 Å². The van der Waals surface area contributed by atoms with Crippen LogP contribution in [0.5, 0.6) is 0 Å². The fraction of sp³-hybridized carbons (Fsp3) is 0.345. The van der Waals surface area contributed by atoms with Crippen LogP contribution >= 0.6 is 0 Å². The molecule has 0 spiro atoms. The van der Waals surface area contributed by atoms with E-state index in [1.165, 1.54) is 13.2 Å². The van der Waals surface area contributed by atoms with E-state index in [9.17, 15) is 13.2 Å². The topological polar surface area (TPSA) is 72.5 Å². The Balaban J connectivity index is 2.18. The molecule has 0 fully saturated rings. The number of aryl methyl sites for hydroxylation is 2. The maximum absolute atomic E-state index is 13.7. The van der Waals surface area contributed by atoms with Crippen molar-refractivity contribution in [2.45, 2.75) is 65.2 Å². The number of rotatable bonds is 9. The monoisotopic (exact) mass is 493 g/mol. The van der Waals surface area contributed by atoms with Crippen molar-refractivity contribution in [3.8, 4) is 0 Å². The number of esters is 1. The molecule has 0 saturated carbocycles. The summed E-state index contributed by atoms with van der Waals surface area (Å²) in [7, 11) is -2.51. The summed E-state index contributed by atoms with van der Waals surface area (Å²) < 4.78 is 35.2. The van der Waals surface area contributed by atoms with Crippen molar-refractivity contribution in [3.63, 3.8) is 0 Å². The lowest BCUT2D eigenvalue weighted by atomic mass is 9.95. The number of nitrogens with one attached hydrogen (secondary N) is 1. The summed E-state index contributed by atoms with van der Waals surface area (Å²) in [4.78, 5) is 12.4. The molecule has 0 aromatic heterocycles. The first-order valence-corrected chi connectivity index (χ1v) is 13.5. The summed E-state index contributed by atoms with van der Waals surface area (Å²) in [5, 5.41) is 1.69. The molecule has 0 bridgehead atoms. The van der Waals surface area contributed by atoms with E-state index in [4.69, 9.17) is 4.74 Å². The average molecular weight is 494 g/mol. The minimum atomic E-state index is -3.86. The van der Waals surface area contributed by atoms with Crippen LogP contribution < -0.4 is 4.72 Å². The molecule has 0 saturated heterocycles. The molecular formula is C29H35NO4S. The highest BCUT2D eigenvalue weighted by Gasteiger charge is 2.23. The zero-order chi connectivity index (χ0) is 25.8. The second-order valence-corrected chi connectivity index (χ2v) is 10.7. The lowest BCUT2D eigenvalue weighted by Crippen LogP contribution is -2.17. The molecule has 3 rings (SSSR count). The smallest absolute Gasteiger partial charge is 0.330 e. The van der Waals surface area contributed by atoms with Crippen LogP contribution in [-0.2, 0) is 19.6 Å². The van der Waals surface area contributed by atoms with Gasteiger partial charge >= 0.3 is 5.97 Å². The van der Waals surface area contributed by atoms with Crippen LogP contribution in [0.2, 0.25) is 0 Å². The van der Waals surface area contributed by atoms with Gasteiger partial charge in [0.05, 0.1) is 17.7 Å². The summed E-state index contributed by atoms with van der Waals surface area (Å²) in [6.45, 7) is 9.67. The van der Waals surface area contributed by atoms with Gasteiger partial charge in [-0.05, 0) is 91.4 Å². The minimum Gasteiger partial charge on any atom is -0.466 e. The molecule has 0 radical (unpaired) electrons. The van der Waals surface area contributed by atoms with E-state index in [1.807, 2.05) is 70.2 Å². The van der Waals surface area contributed by atoms with Crippen molar-refractivity contribution < 1.29 is 17.9 Å². The first-order valence-electron chi connectivity index (χ1n) is 12.0.